The lowest BCUT2D eigenvalue weighted by Crippen LogP contribution is -2.35. The Bertz CT molecular complexity index is 756. The summed E-state index contributed by atoms with van der Waals surface area (Å²) in [5.41, 5.74) is 1.89. The first-order valence-corrected chi connectivity index (χ1v) is 10.5. The molecule has 0 saturated carbocycles. The Morgan fingerprint density at radius 3 is 2.41 bits per heavy atom. The van der Waals surface area contributed by atoms with Gasteiger partial charge in [-0.15, -0.1) is 11.8 Å². The van der Waals surface area contributed by atoms with Crippen molar-refractivity contribution in [2.75, 3.05) is 37.5 Å². The van der Waals surface area contributed by atoms with E-state index in [1.54, 1.807) is 0 Å². The van der Waals surface area contributed by atoms with Crippen molar-refractivity contribution in [2.24, 2.45) is 0 Å². The van der Waals surface area contributed by atoms with Gasteiger partial charge in [0.2, 0.25) is 11.8 Å². The molecule has 144 valence electrons. The zero-order valence-corrected chi connectivity index (χ0v) is 17.8. The van der Waals surface area contributed by atoms with Crippen molar-refractivity contribution < 1.29 is 9.59 Å². The summed E-state index contributed by atoms with van der Waals surface area (Å²) in [6.07, 6.45) is 0. The van der Waals surface area contributed by atoms with Gasteiger partial charge in [-0.05, 0) is 37.9 Å². The summed E-state index contributed by atoms with van der Waals surface area (Å²) < 4.78 is 0.904. The van der Waals surface area contributed by atoms with Gasteiger partial charge in [-0.1, -0.05) is 52.3 Å². The second-order valence-corrected chi connectivity index (χ2v) is 8.15. The van der Waals surface area contributed by atoms with Gasteiger partial charge in [-0.2, -0.15) is 0 Å². The molecule has 0 aromatic heterocycles. The van der Waals surface area contributed by atoms with Crippen molar-refractivity contribution in [3.8, 4) is 0 Å². The first-order valence-electron chi connectivity index (χ1n) is 8.57. The van der Waals surface area contributed by atoms with Crippen LogP contribution in [0.2, 0.25) is 0 Å². The molecule has 0 heterocycles. The van der Waals surface area contributed by atoms with E-state index < -0.39 is 0 Å². The molecule has 2 rings (SSSR count). The van der Waals surface area contributed by atoms with Crippen molar-refractivity contribution in [1.82, 2.24) is 10.2 Å². The monoisotopic (exact) mass is 449 g/mol. The zero-order chi connectivity index (χ0) is 19.6. The average molecular weight is 450 g/mol. The molecule has 2 aromatic rings. The highest BCUT2D eigenvalue weighted by atomic mass is 79.9. The minimum Gasteiger partial charge on any atom is -0.353 e. The second kappa shape index (κ2) is 11.1. The lowest BCUT2D eigenvalue weighted by atomic mass is 10.1. The van der Waals surface area contributed by atoms with Crippen molar-refractivity contribution in [3.05, 3.63) is 64.6 Å². The fourth-order valence-electron chi connectivity index (χ4n) is 2.54. The van der Waals surface area contributed by atoms with Crippen LogP contribution in [-0.4, -0.2) is 48.9 Å². The summed E-state index contributed by atoms with van der Waals surface area (Å²) in [7, 11) is 3.98. The molecule has 0 aliphatic carbocycles. The van der Waals surface area contributed by atoms with Crippen molar-refractivity contribution in [2.45, 2.75) is 6.04 Å². The molecule has 0 bridgehead atoms. The molecule has 1 atom stereocenters. The van der Waals surface area contributed by atoms with Gasteiger partial charge < -0.3 is 15.5 Å². The van der Waals surface area contributed by atoms with Crippen LogP contribution in [0.3, 0.4) is 0 Å². The number of halogens is 1. The van der Waals surface area contributed by atoms with E-state index in [-0.39, 0.29) is 29.4 Å². The number of rotatable bonds is 9. The zero-order valence-electron chi connectivity index (χ0n) is 15.4. The lowest BCUT2D eigenvalue weighted by Gasteiger charge is -2.25. The molecule has 0 fully saturated rings. The van der Waals surface area contributed by atoms with Gasteiger partial charge in [0.15, 0.2) is 0 Å². The number of thioether (sulfide) groups is 1. The van der Waals surface area contributed by atoms with E-state index in [0.29, 0.717) is 6.54 Å². The number of likely N-dealkylation sites (N-methyl/N-ethyl adjacent to an activating group) is 1. The largest absolute Gasteiger partial charge is 0.353 e. The van der Waals surface area contributed by atoms with Crippen molar-refractivity contribution in [3.63, 3.8) is 0 Å². The Morgan fingerprint density at radius 1 is 1.04 bits per heavy atom. The van der Waals surface area contributed by atoms with E-state index in [2.05, 4.69) is 43.6 Å². The molecule has 2 aromatic carbocycles. The molecule has 1 unspecified atom stereocenters. The van der Waals surface area contributed by atoms with Crippen LogP contribution in [0.1, 0.15) is 11.6 Å². The molecular weight excluding hydrogens is 426 g/mol. The first-order chi connectivity index (χ1) is 13.0. The minimum absolute atomic E-state index is 0.0713. The maximum Gasteiger partial charge on any atom is 0.234 e. The average Bonchev–Trinajstić information content (AvgIpc) is 2.62. The Labute approximate surface area is 173 Å². The van der Waals surface area contributed by atoms with E-state index in [0.717, 1.165) is 15.7 Å². The van der Waals surface area contributed by atoms with Crippen LogP contribution in [0.4, 0.5) is 5.69 Å². The van der Waals surface area contributed by atoms with Crippen LogP contribution in [0.15, 0.2) is 59.1 Å². The van der Waals surface area contributed by atoms with Gasteiger partial charge in [0, 0.05) is 16.7 Å². The molecular formula is C20H24BrN3O2S. The number of nitrogens with zero attached hydrogens (tertiary/aromatic N) is 1. The van der Waals surface area contributed by atoms with Crippen molar-refractivity contribution >= 4 is 45.2 Å². The third-order valence-electron chi connectivity index (χ3n) is 3.87. The summed E-state index contributed by atoms with van der Waals surface area (Å²) >= 11 is 4.67. The molecule has 0 saturated heterocycles. The van der Waals surface area contributed by atoms with Crippen LogP contribution in [0, 0.1) is 0 Å². The first kappa shape index (κ1) is 21.5. The predicted octanol–water partition coefficient (Wildman–Crippen LogP) is 3.54. The Hall–Kier alpha value is -1.83. The molecule has 7 heteroatoms. The summed E-state index contributed by atoms with van der Waals surface area (Å²) in [4.78, 5) is 26.1. The van der Waals surface area contributed by atoms with E-state index in [1.807, 2.05) is 56.6 Å². The highest BCUT2D eigenvalue weighted by Crippen LogP contribution is 2.17. The van der Waals surface area contributed by atoms with Crippen LogP contribution in [0.25, 0.3) is 0 Å². The maximum atomic E-state index is 12.1. The normalized spacial score (nSPS) is 11.9. The summed E-state index contributed by atoms with van der Waals surface area (Å²) in [5.74, 6) is 0.288. The maximum absolute atomic E-state index is 12.1. The Balaban J connectivity index is 1.71. The number of hydrogen-bond donors (Lipinski definition) is 2. The molecule has 0 radical (unpaired) electrons. The van der Waals surface area contributed by atoms with Gasteiger partial charge in [0.25, 0.3) is 0 Å². The van der Waals surface area contributed by atoms with Crippen molar-refractivity contribution in [1.29, 1.82) is 0 Å². The van der Waals surface area contributed by atoms with E-state index in [4.69, 9.17) is 0 Å². The number of nitrogens with one attached hydrogen (secondary N) is 2. The van der Waals surface area contributed by atoms with Crippen LogP contribution >= 0.6 is 27.7 Å². The summed E-state index contributed by atoms with van der Waals surface area (Å²) in [6.45, 7) is 0.528. The van der Waals surface area contributed by atoms with Gasteiger partial charge >= 0.3 is 0 Å². The van der Waals surface area contributed by atoms with Crippen LogP contribution < -0.4 is 10.6 Å². The number of benzene rings is 2. The van der Waals surface area contributed by atoms with Crippen LogP contribution in [-0.2, 0) is 9.59 Å². The molecule has 2 N–H and O–H groups in total. The Kier molecular flexibility index (Phi) is 8.84. The van der Waals surface area contributed by atoms with Gasteiger partial charge in [-0.3, -0.25) is 9.59 Å². The number of amides is 2. The molecule has 0 aliphatic rings. The Morgan fingerprint density at radius 2 is 1.74 bits per heavy atom. The number of hydrogen-bond acceptors (Lipinski definition) is 4. The van der Waals surface area contributed by atoms with Gasteiger partial charge in [-0.25, -0.2) is 0 Å². The molecule has 5 nitrogen and oxygen atoms in total. The van der Waals surface area contributed by atoms with Gasteiger partial charge in [0.05, 0.1) is 17.5 Å². The van der Waals surface area contributed by atoms with E-state index in [1.165, 1.54) is 11.8 Å². The molecule has 0 aliphatic heterocycles. The van der Waals surface area contributed by atoms with Gasteiger partial charge in [0.1, 0.15) is 0 Å². The third kappa shape index (κ3) is 7.74. The number of carbonyl (C=O) groups excluding carboxylic acids is 2. The molecule has 0 spiro atoms. The number of carbonyl (C=O) groups is 2. The highest BCUT2D eigenvalue weighted by molar-refractivity contribution is 9.10. The smallest absolute Gasteiger partial charge is 0.234 e. The molecule has 2 amide bonds. The summed E-state index contributed by atoms with van der Waals surface area (Å²) in [6, 6.07) is 17.6. The standard InChI is InChI=1S/C20H24BrN3O2S/c1-24(2)18(15-7-4-3-5-8-15)12-22-19(25)13-27-14-20(26)23-17-10-6-9-16(21)11-17/h3-11,18H,12-14H2,1-2H3,(H,22,25)(H,23,26). The molecule has 27 heavy (non-hydrogen) atoms. The highest BCUT2D eigenvalue weighted by Gasteiger charge is 2.15. The summed E-state index contributed by atoms with van der Waals surface area (Å²) in [5, 5.41) is 5.77. The fraction of sp³-hybridized carbons (Fsp3) is 0.300. The fourth-order valence-corrected chi connectivity index (χ4v) is 3.58. The lowest BCUT2D eigenvalue weighted by molar-refractivity contribution is -0.118. The van der Waals surface area contributed by atoms with E-state index >= 15 is 0 Å². The quantitative estimate of drug-likeness (QED) is 0.614. The minimum atomic E-state index is -0.124. The third-order valence-corrected chi connectivity index (χ3v) is 5.30. The topological polar surface area (TPSA) is 61.4 Å². The second-order valence-electron chi connectivity index (χ2n) is 6.25. The SMILES string of the molecule is CN(C)C(CNC(=O)CSCC(=O)Nc1cccc(Br)c1)c1ccccc1. The van der Waals surface area contributed by atoms with Crippen LogP contribution in [0.5, 0.6) is 0 Å². The van der Waals surface area contributed by atoms with E-state index in [9.17, 15) is 9.59 Å². The predicted molar refractivity (Wildman–Crippen MR) is 116 cm³/mol. The number of anilines is 1.